The van der Waals surface area contributed by atoms with Gasteiger partial charge in [-0.3, -0.25) is 14.8 Å². The Morgan fingerprint density at radius 2 is 1.73 bits per heavy atom. The fourth-order valence-electron chi connectivity index (χ4n) is 2.38. The van der Waals surface area contributed by atoms with Crippen molar-refractivity contribution >= 4 is 22.6 Å². The number of hydrogen-bond acceptors (Lipinski definition) is 3. The van der Waals surface area contributed by atoms with Crippen LogP contribution in [0.4, 0.5) is 0 Å². The number of hydroxylamine groups is 2. The number of hydrogen-bond donors (Lipinski definition) is 2. The summed E-state index contributed by atoms with van der Waals surface area (Å²) in [5.74, 6) is -3.34. The van der Waals surface area contributed by atoms with Crippen molar-refractivity contribution in [1.29, 1.82) is 0 Å². The first-order valence-corrected chi connectivity index (χ1v) is 7.13. The topological polar surface area (TPSA) is 77.8 Å². The number of rotatable bonds is 5. The van der Waals surface area contributed by atoms with E-state index >= 15 is 0 Å². The molecule has 1 amide bonds. The number of carboxylic acid groups (broad SMARTS) is 1. The standard InChI is InChI=1S/C17H19NO4/c1-11(2)18(22)16(19)15(17(20)21)10-13-8-5-7-12-6-3-4-9-14(12)13/h3-9,11,15,22H,10H2,1-2H3,(H,20,21). The summed E-state index contributed by atoms with van der Waals surface area (Å²) in [6.45, 7) is 3.24. The summed E-state index contributed by atoms with van der Waals surface area (Å²) in [6, 6.07) is 12.7. The number of amides is 1. The highest BCUT2D eigenvalue weighted by atomic mass is 16.5. The monoisotopic (exact) mass is 301 g/mol. The zero-order chi connectivity index (χ0) is 16.3. The minimum absolute atomic E-state index is 0.0410. The highest BCUT2D eigenvalue weighted by Gasteiger charge is 2.31. The summed E-state index contributed by atoms with van der Waals surface area (Å²) in [6.07, 6.45) is 0.0410. The van der Waals surface area contributed by atoms with Gasteiger partial charge in [0.2, 0.25) is 0 Å². The van der Waals surface area contributed by atoms with E-state index in [1.54, 1.807) is 13.8 Å². The van der Waals surface area contributed by atoms with Crippen molar-refractivity contribution in [2.45, 2.75) is 26.3 Å². The SMILES string of the molecule is CC(C)N(O)C(=O)C(Cc1cccc2ccccc12)C(=O)O. The molecule has 2 rings (SSSR count). The van der Waals surface area contributed by atoms with Gasteiger partial charge in [-0.2, -0.15) is 0 Å². The zero-order valence-electron chi connectivity index (χ0n) is 12.6. The van der Waals surface area contributed by atoms with Crippen LogP contribution in [0.5, 0.6) is 0 Å². The van der Waals surface area contributed by atoms with E-state index in [1.807, 2.05) is 42.5 Å². The van der Waals surface area contributed by atoms with Gasteiger partial charge in [-0.25, -0.2) is 5.06 Å². The Labute approximate surface area is 128 Å². The fourth-order valence-corrected chi connectivity index (χ4v) is 2.38. The van der Waals surface area contributed by atoms with E-state index in [0.717, 1.165) is 16.3 Å². The number of aliphatic carboxylic acids is 1. The summed E-state index contributed by atoms with van der Waals surface area (Å²) < 4.78 is 0. The first-order chi connectivity index (χ1) is 10.4. The second-order valence-electron chi connectivity index (χ2n) is 5.51. The molecular formula is C17H19NO4. The molecule has 0 saturated heterocycles. The molecular weight excluding hydrogens is 282 g/mol. The molecule has 116 valence electrons. The largest absolute Gasteiger partial charge is 0.481 e. The highest BCUT2D eigenvalue weighted by molar-refractivity contribution is 5.97. The molecule has 2 aromatic rings. The van der Waals surface area contributed by atoms with E-state index in [4.69, 9.17) is 0 Å². The molecule has 0 aromatic heterocycles. The van der Waals surface area contributed by atoms with Crippen LogP contribution < -0.4 is 0 Å². The van der Waals surface area contributed by atoms with Crippen LogP contribution in [0.3, 0.4) is 0 Å². The summed E-state index contributed by atoms with van der Waals surface area (Å²) >= 11 is 0. The van der Waals surface area contributed by atoms with Crippen LogP contribution in [0.25, 0.3) is 10.8 Å². The van der Waals surface area contributed by atoms with Gasteiger partial charge in [-0.15, -0.1) is 0 Å². The maximum atomic E-state index is 12.2. The molecule has 0 aliphatic heterocycles. The van der Waals surface area contributed by atoms with Crippen LogP contribution >= 0.6 is 0 Å². The van der Waals surface area contributed by atoms with E-state index in [-0.39, 0.29) is 6.42 Å². The number of fused-ring (bicyclic) bond motifs is 1. The highest BCUT2D eigenvalue weighted by Crippen LogP contribution is 2.22. The second-order valence-corrected chi connectivity index (χ2v) is 5.51. The Kier molecular flexibility index (Phi) is 4.78. The number of carbonyl (C=O) groups is 2. The maximum absolute atomic E-state index is 12.2. The van der Waals surface area contributed by atoms with Crippen molar-refractivity contribution in [3.63, 3.8) is 0 Å². The molecule has 22 heavy (non-hydrogen) atoms. The molecule has 2 aromatic carbocycles. The fraction of sp³-hybridized carbons (Fsp3) is 0.294. The molecule has 0 heterocycles. The van der Waals surface area contributed by atoms with Gasteiger partial charge in [0.15, 0.2) is 0 Å². The molecule has 5 nitrogen and oxygen atoms in total. The minimum atomic E-state index is -1.31. The Morgan fingerprint density at radius 3 is 2.36 bits per heavy atom. The minimum Gasteiger partial charge on any atom is -0.481 e. The lowest BCUT2D eigenvalue weighted by Crippen LogP contribution is -2.42. The van der Waals surface area contributed by atoms with Crippen LogP contribution in [-0.2, 0) is 16.0 Å². The smallest absolute Gasteiger partial charge is 0.316 e. The molecule has 0 saturated carbocycles. The van der Waals surface area contributed by atoms with E-state index in [1.165, 1.54) is 0 Å². The van der Waals surface area contributed by atoms with E-state index in [9.17, 15) is 19.9 Å². The third kappa shape index (κ3) is 3.26. The lowest BCUT2D eigenvalue weighted by Gasteiger charge is -2.23. The molecule has 2 N–H and O–H groups in total. The number of carboxylic acids is 1. The third-order valence-electron chi connectivity index (χ3n) is 3.62. The Bertz CT molecular complexity index is 691. The van der Waals surface area contributed by atoms with E-state index in [0.29, 0.717) is 5.06 Å². The Hall–Kier alpha value is -2.40. The second kappa shape index (κ2) is 6.58. The van der Waals surface area contributed by atoms with Crippen molar-refractivity contribution in [3.05, 3.63) is 48.0 Å². The van der Waals surface area contributed by atoms with Gasteiger partial charge in [0.05, 0.1) is 6.04 Å². The maximum Gasteiger partial charge on any atom is 0.316 e. The van der Waals surface area contributed by atoms with Crippen LogP contribution in [0.2, 0.25) is 0 Å². The quantitative estimate of drug-likeness (QED) is 0.505. The predicted molar refractivity (Wildman–Crippen MR) is 82.5 cm³/mol. The van der Waals surface area contributed by atoms with Crippen molar-refractivity contribution in [3.8, 4) is 0 Å². The van der Waals surface area contributed by atoms with E-state index in [2.05, 4.69) is 0 Å². The van der Waals surface area contributed by atoms with Crippen LogP contribution in [0.1, 0.15) is 19.4 Å². The average Bonchev–Trinajstić information content (AvgIpc) is 2.50. The third-order valence-corrected chi connectivity index (χ3v) is 3.62. The van der Waals surface area contributed by atoms with Crippen molar-refractivity contribution in [2.24, 2.45) is 5.92 Å². The zero-order valence-corrected chi connectivity index (χ0v) is 12.6. The predicted octanol–water partition coefficient (Wildman–Crippen LogP) is 2.71. The summed E-state index contributed by atoms with van der Waals surface area (Å²) in [5.41, 5.74) is 0.774. The van der Waals surface area contributed by atoms with Crippen LogP contribution in [-0.4, -0.2) is 33.3 Å². The van der Waals surface area contributed by atoms with E-state index < -0.39 is 23.8 Å². The molecule has 0 fully saturated rings. The Balaban J connectivity index is 2.35. The number of nitrogens with zero attached hydrogens (tertiary/aromatic N) is 1. The summed E-state index contributed by atoms with van der Waals surface area (Å²) in [5, 5.41) is 21.5. The first kappa shape index (κ1) is 16.0. The number of carbonyl (C=O) groups excluding carboxylic acids is 1. The van der Waals surface area contributed by atoms with Gasteiger partial charge in [-0.05, 0) is 36.6 Å². The van der Waals surface area contributed by atoms with Gasteiger partial charge in [0.25, 0.3) is 5.91 Å². The van der Waals surface area contributed by atoms with Gasteiger partial charge in [-0.1, -0.05) is 42.5 Å². The average molecular weight is 301 g/mol. The van der Waals surface area contributed by atoms with Crippen molar-refractivity contribution in [2.75, 3.05) is 0 Å². The molecule has 1 atom stereocenters. The van der Waals surface area contributed by atoms with Crippen molar-refractivity contribution in [1.82, 2.24) is 5.06 Å². The summed E-state index contributed by atoms with van der Waals surface area (Å²) in [7, 11) is 0. The molecule has 0 spiro atoms. The van der Waals surface area contributed by atoms with Gasteiger partial charge in [0.1, 0.15) is 5.92 Å². The Morgan fingerprint density at radius 1 is 1.09 bits per heavy atom. The van der Waals surface area contributed by atoms with Gasteiger partial charge >= 0.3 is 5.97 Å². The lowest BCUT2D eigenvalue weighted by molar-refractivity contribution is -0.181. The van der Waals surface area contributed by atoms with Crippen molar-refractivity contribution < 1.29 is 19.9 Å². The molecule has 5 heteroatoms. The first-order valence-electron chi connectivity index (χ1n) is 7.13. The molecule has 0 bridgehead atoms. The molecule has 1 unspecified atom stereocenters. The van der Waals surface area contributed by atoms with Crippen LogP contribution in [0, 0.1) is 5.92 Å². The number of benzene rings is 2. The molecule has 0 aliphatic carbocycles. The summed E-state index contributed by atoms with van der Waals surface area (Å²) in [4.78, 5) is 23.6. The molecule has 0 radical (unpaired) electrons. The van der Waals surface area contributed by atoms with Gasteiger partial charge < -0.3 is 5.11 Å². The van der Waals surface area contributed by atoms with Gasteiger partial charge in [0, 0.05) is 0 Å². The molecule has 0 aliphatic rings. The lowest BCUT2D eigenvalue weighted by atomic mass is 9.94. The van der Waals surface area contributed by atoms with Crippen LogP contribution in [0.15, 0.2) is 42.5 Å². The normalized spacial score (nSPS) is 12.4.